The van der Waals surface area contributed by atoms with Crippen LogP contribution in [0.15, 0.2) is 24.3 Å². The van der Waals surface area contributed by atoms with Crippen LogP contribution in [0.1, 0.15) is 44.8 Å². The van der Waals surface area contributed by atoms with Crippen molar-refractivity contribution in [2.75, 3.05) is 13.2 Å². The Morgan fingerprint density at radius 2 is 1.95 bits per heavy atom. The van der Waals surface area contributed by atoms with Gasteiger partial charge in [-0.05, 0) is 50.8 Å². The standard InChI is InChI=1S/C17H25NO2/c1-12(2)20-16-7-3-13(4-8-16)17-14(9-10-19-17)11-18-15-5-6-15/h3-4,7-8,12,14-15,17-18H,5-6,9-11H2,1-2H3. The van der Waals surface area contributed by atoms with E-state index in [1.165, 1.54) is 18.4 Å². The van der Waals surface area contributed by atoms with Crippen LogP contribution in [0.5, 0.6) is 5.75 Å². The Morgan fingerprint density at radius 3 is 2.60 bits per heavy atom. The van der Waals surface area contributed by atoms with Crippen LogP contribution in [0, 0.1) is 5.92 Å². The molecule has 2 fully saturated rings. The van der Waals surface area contributed by atoms with Gasteiger partial charge in [0, 0.05) is 25.1 Å². The second kappa shape index (κ2) is 6.15. The third-order valence-corrected chi connectivity index (χ3v) is 4.04. The van der Waals surface area contributed by atoms with Gasteiger partial charge in [0.05, 0.1) is 12.2 Å². The molecule has 3 nitrogen and oxygen atoms in total. The molecule has 20 heavy (non-hydrogen) atoms. The minimum absolute atomic E-state index is 0.221. The predicted molar refractivity (Wildman–Crippen MR) is 80.0 cm³/mol. The summed E-state index contributed by atoms with van der Waals surface area (Å²) in [5.74, 6) is 1.54. The van der Waals surface area contributed by atoms with Crippen LogP contribution >= 0.6 is 0 Å². The molecule has 1 N–H and O–H groups in total. The van der Waals surface area contributed by atoms with Crippen molar-refractivity contribution in [2.45, 2.75) is 51.4 Å². The number of ether oxygens (including phenoxy) is 2. The molecule has 1 aromatic rings. The van der Waals surface area contributed by atoms with Crippen molar-refractivity contribution in [3.63, 3.8) is 0 Å². The molecule has 3 rings (SSSR count). The molecule has 0 radical (unpaired) electrons. The molecule has 1 aliphatic carbocycles. The summed E-state index contributed by atoms with van der Waals surface area (Å²) < 4.78 is 11.6. The van der Waals surface area contributed by atoms with Crippen LogP contribution < -0.4 is 10.1 Å². The van der Waals surface area contributed by atoms with Gasteiger partial charge in [-0.25, -0.2) is 0 Å². The highest BCUT2D eigenvalue weighted by atomic mass is 16.5. The predicted octanol–water partition coefficient (Wildman–Crippen LogP) is 3.30. The molecule has 2 aliphatic rings. The Morgan fingerprint density at radius 1 is 1.20 bits per heavy atom. The lowest BCUT2D eigenvalue weighted by molar-refractivity contribution is 0.0903. The van der Waals surface area contributed by atoms with E-state index < -0.39 is 0 Å². The molecular weight excluding hydrogens is 250 g/mol. The van der Waals surface area contributed by atoms with Crippen molar-refractivity contribution in [1.29, 1.82) is 0 Å². The molecule has 1 aromatic carbocycles. The third kappa shape index (κ3) is 3.53. The molecule has 0 amide bonds. The molecule has 2 unspecified atom stereocenters. The molecule has 0 bridgehead atoms. The molecule has 110 valence electrons. The first-order chi connectivity index (χ1) is 9.72. The monoisotopic (exact) mass is 275 g/mol. The molecule has 1 heterocycles. The SMILES string of the molecule is CC(C)Oc1ccc(C2OCCC2CNC2CC2)cc1. The Labute approximate surface area is 121 Å². The van der Waals surface area contributed by atoms with Gasteiger partial charge in [-0.15, -0.1) is 0 Å². The first-order valence-corrected chi connectivity index (χ1v) is 7.84. The normalized spacial score (nSPS) is 26.1. The Bertz CT molecular complexity index is 425. The summed E-state index contributed by atoms with van der Waals surface area (Å²) in [6.07, 6.45) is 4.32. The lowest BCUT2D eigenvalue weighted by Crippen LogP contribution is -2.26. The molecule has 1 aliphatic heterocycles. The summed E-state index contributed by atoms with van der Waals surface area (Å²) in [7, 11) is 0. The quantitative estimate of drug-likeness (QED) is 0.864. The maximum Gasteiger partial charge on any atom is 0.119 e. The van der Waals surface area contributed by atoms with Gasteiger partial charge in [-0.3, -0.25) is 0 Å². The Hall–Kier alpha value is -1.06. The fraction of sp³-hybridized carbons (Fsp3) is 0.647. The van der Waals surface area contributed by atoms with Gasteiger partial charge in [-0.1, -0.05) is 12.1 Å². The van der Waals surface area contributed by atoms with E-state index in [-0.39, 0.29) is 12.2 Å². The van der Waals surface area contributed by atoms with Crippen LogP contribution in [0.4, 0.5) is 0 Å². The summed E-state index contributed by atoms with van der Waals surface area (Å²) in [5, 5.41) is 3.63. The zero-order valence-corrected chi connectivity index (χ0v) is 12.5. The molecule has 3 heteroatoms. The van der Waals surface area contributed by atoms with Crippen LogP contribution in [0.2, 0.25) is 0 Å². The van der Waals surface area contributed by atoms with Gasteiger partial charge in [0.1, 0.15) is 5.75 Å². The fourth-order valence-corrected chi connectivity index (χ4v) is 2.83. The Balaban J connectivity index is 1.61. The number of benzene rings is 1. The number of rotatable bonds is 6. The van der Waals surface area contributed by atoms with E-state index in [2.05, 4.69) is 29.6 Å². The van der Waals surface area contributed by atoms with Crippen molar-refractivity contribution in [1.82, 2.24) is 5.32 Å². The summed E-state index contributed by atoms with van der Waals surface area (Å²) in [5.41, 5.74) is 1.28. The molecular formula is C17H25NO2. The zero-order chi connectivity index (χ0) is 13.9. The average Bonchev–Trinajstić information content (AvgIpc) is 3.14. The average molecular weight is 275 g/mol. The first kappa shape index (κ1) is 13.9. The van der Waals surface area contributed by atoms with E-state index in [4.69, 9.17) is 9.47 Å². The maximum atomic E-state index is 5.94. The van der Waals surface area contributed by atoms with Crippen LogP contribution in [-0.2, 0) is 4.74 Å². The van der Waals surface area contributed by atoms with Crippen molar-refractivity contribution in [3.8, 4) is 5.75 Å². The van der Waals surface area contributed by atoms with Crippen molar-refractivity contribution >= 4 is 0 Å². The van der Waals surface area contributed by atoms with Gasteiger partial charge in [-0.2, -0.15) is 0 Å². The zero-order valence-electron chi connectivity index (χ0n) is 12.5. The van der Waals surface area contributed by atoms with Crippen molar-refractivity contribution in [2.24, 2.45) is 5.92 Å². The fourth-order valence-electron chi connectivity index (χ4n) is 2.83. The van der Waals surface area contributed by atoms with Gasteiger partial charge in [0.25, 0.3) is 0 Å². The minimum atomic E-state index is 0.221. The maximum absolute atomic E-state index is 5.94. The first-order valence-electron chi connectivity index (χ1n) is 7.84. The number of hydrogen-bond acceptors (Lipinski definition) is 3. The molecule has 2 atom stereocenters. The lowest BCUT2D eigenvalue weighted by Gasteiger charge is -2.20. The van der Waals surface area contributed by atoms with Crippen LogP contribution in [0.25, 0.3) is 0 Å². The van der Waals surface area contributed by atoms with E-state index in [1.54, 1.807) is 0 Å². The van der Waals surface area contributed by atoms with Crippen molar-refractivity contribution < 1.29 is 9.47 Å². The summed E-state index contributed by atoms with van der Waals surface area (Å²) >= 11 is 0. The van der Waals surface area contributed by atoms with E-state index in [1.807, 2.05) is 13.8 Å². The molecule has 1 saturated heterocycles. The second-order valence-electron chi connectivity index (χ2n) is 6.26. The largest absolute Gasteiger partial charge is 0.491 e. The van der Waals surface area contributed by atoms with Crippen LogP contribution in [0.3, 0.4) is 0 Å². The lowest BCUT2D eigenvalue weighted by atomic mass is 9.95. The second-order valence-corrected chi connectivity index (χ2v) is 6.26. The van der Waals surface area contributed by atoms with E-state index in [0.717, 1.165) is 31.4 Å². The van der Waals surface area contributed by atoms with Gasteiger partial charge in [0.2, 0.25) is 0 Å². The minimum Gasteiger partial charge on any atom is -0.491 e. The van der Waals surface area contributed by atoms with Gasteiger partial charge >= 0.3 is 0 Å². The van der Waals surface area contributed by atoms with Gasteiger partial charge < -0.3 is 14.8 Å². The van der Waals surface area contributed by atoms with Crippen LogP contribution in [-0.4, -0.2) is 25.3 Å². The highest BCUT2D eigenvalue weighted by Crippen LogP contribution is 2.35. The molecule has 0 aromatic heterocycles. The summed E-state index contributed by atoms with van der Waals surface area (Å²) in [6, 6.07) is 9.19. The molecule has 0 spiro atoms. The van der Waals surface area contributed by atoms with Gasteiger partial charge in [0.15, 0.2) is 0 Å². The topological polar surface area (TPSA) is 30.5 Å². The summed E-state index contributed by atoms with van der Waals surface area (Å²) in [6.45, 7) is 6.06. The van der Waals surface area contributed by atoms with Crippen molar-refractivity contribution in [3.05, 3.63) is 29.8 Å². The van der Waals surface area contributed by atoms with E-state index >= 15 is 0 Å². The smallest absolute Gasteiger partial charge is 0.119 e. The number of nitrogens with one attached hydrogen (secondary N) is 1. The Kier molecular flexibility index (Phi) is 4.27. The van der Waals surface area contributed by atoms with E-state index in [9.17, 15) is 0 Å². The van der Waals surface area contributed by atoms with E-state index in [0.29, 0.717) is 5.92 Å². The summed E-state index contributed by atoms with van der Waals surface area (Å²) in [4.78, 5) is 0. The highest BCUT2D eigenvalue weighted by molar-refractivity contribution is 5.29. The molecule has 1 saturated carbocycles. The third-order valence-electron chi connectivity index (χ3n) is 4.04. The number of hydrogen-bond donors (Lipinski definition) is 1. The highest BCUT2D eigenvalue weighted by Gasteiger charge is 2.31.